The molecule has 0 aliphatic carbocycles. The number of nitrogens with zero attached hydrogens (tertiary/aromatic N) is 1. The number of carbonyl (C=O) groups is 1. The monoisotopic (exact) mass is 365 g/mol. The van der Waals surface area contributed by atoms with Gasteiger partial charge in [-0.15, -0.1) is 22.7 Å². The van der Waals surface area contributed by atoms with Crippen molar-refractivity contribution in [2.75, 3.05) is 5.73 Å². The van der Waals surface area contributed by atoms with E-state index < -0.39 is 0 Å². The van der Waals surface area contributed by atoms with Crippen molar-refractivity contribution < 1.29 is 4.79 Å². The fourth-order valence-electron chi connectivity index (χ4n) is 2.60. The van der Waals surface area contributed by atoms with Crippen molar-refractivity contribution in [3.05, 3.63) is 69.7 Å². The molecule has 1 aromatic carbocycles. The number of carbonyl (C=O) groups excluding carboxylic acids is 1. The van der Waals surface area contributed by atoms with E-state index in [2.05, 4.69) is 10.3 Å². The molecule has 124 valence electrons. The Bertz CT molecular complexity index is 1020. The van der Waals surface area contributed by atoms with E-state index in [1.165, 1.54) is 11.3 Å². The summed E-state index contributed by atoms with van der Waals surface area (Å²) in [6, 6.07) is 17.8. The summed E-state index contributed by atoms with van der Waals surface area (Å²) in [7, 11) is 0. The zero-order valence-corrected chi connectivity index (χ0v) is 14.9. The number of aromatic nitrogens is 1. The molecular weight excluding hydrogens is 350 g/mol. The lowest BCUT2D eigenvalue weighted by Gasteiger charge is -2.02. The van der Waals surface area contributed by atoms with E-state index in [9.17, 15) is 4.79 Å². The van der Waals surface area contributed by atoms with Gasteiger partial charge < -0.3 is 11.1 Å². The molecule has 0 aliphatic heterocycles. The molecule has 6 heteroatoms. The average molecular weight is 365 g/mol. The van der Waals surface area contributed by atoms with E-state index in [0.717, 1.165) is 26.4 Å². The van der Waals surface area contributed by atoms with Gasteiger partial charge in [-0.3, -0.25) is 4.79 Å². The van der Waals surface area contributed by atoms with Gasteiger partial charge in [-0.2, -0.15) is 0 Å². The Labute approximate surface area is 153 Å². The first-order chi connectivity index (χ1) is 12.2. The summed E-state index contributed by atoms with van der Waals surface area (Å²) in [4.78, 5) is 19.6. The van der Waals surface area contributed by atoms with Crippen LogP contribution in [0.3, 0.4) is 0 Å². The Kier molecular flexibility index (Phi) is 4.21. The molecule has 3 N–H and O–H groups in total. The van der Waals surface area contributed by atoms with Crippen LogP contribution in [0.1, 0.15) is 14.5 Å². The van der Waals surface area contributed by atoms with Crippen LogP contribution in [0.4, 0.5) is 5.69 Å². The number of hydrogen-bond donors (Lipinski definition) is 2. The predicted octanol–water partition coefficient (Wildman–Crippen LogP) is 4.54. The molecule has 0 radical (unpaired) electrons. The third kappa shape index (κ3) is 3.14. The molecule has 3 heterocycles. The molecule has 0 atom stereocenters. The molecule has 4 nitrogen and oxygen atoms in total. The van der Waals surface area contributed by atoms with E-state index in [-0.39, 0.29) is 5.91 Å². The minimum absolute atomic E-state index is 0.157. The quantitative estimate of drug-likeness (QED) is 0.558. The molecule has 25 heavy (non-hydrogen) atoms. The molecule has 3 aromatic heterocycles. The molecule has 0 saturated carbocycles. The van der Waals surface area contributed by atoms with Crippen molar-refractivity contribution in [1.82, 2.24) is 10.3 Å². The average Bonchev–Trinajstić information content (AvgIpc) is 3.28. The lowest BCUT2D eigenvalue weighted by atomic mass is 10.1. The Morgan fingerprint density at radius 3 is 2.68 bits per heavy atom. The first kappa shape index (κ1) is 15.8. The number of thiophene rings is 2. The summed E-state index contributed by atoms with van der Waals surface area (Å²) < 4.78 is 0. The summed E-state index contributed by atoms with van der Waals surface area (Å²) in [5.41, 5.74) is 8.60. The second-order valence-corrected chi connectivity index (χ2v) is 7.55. The van der Waals surface area contributed by atoms with Crippen molar-refractivity contribution in [2.45, 2.75) is 6.54 Å². The lowest BCUT2D eigenvalue weighted by Crippen LogP contribution is -2.22. The van der Waals surface area contributed by atoms with Crippen LogP contribution in [0.5, 0.6) is 0 Å². The normalized spacial score (nSPS) is 10.9. The van der Waals surface area contributed by atoms with E-state index in [1.54, 1.807) is 11.3 Å². The summed E-state index contributed by atoms with van der Waals surface area (Å²) in [5.74, 6) is -0.157. The lowest BCUT2D eigenvalue weighted by molar-refractivity contribution is 0.0956. The van der Waals surface area contributed by atoms with Gasteiger partial charge in [0.2, 0.25) is 0 Å². The molecule has 0 bridgehead atoms. The van der Waals surface area contributed by atoms with Gasteiger partial charge >= 0.3 is 0 Å². The smallest absolute Gasteiger partial charge is 0.263 e. The van der Waals surface area contributed by atoms with Gasteiger partial charge in [0.05, 0.1) is 17.9 Å². The molecule has 0 fully saturated rings. The minimum Gasteiger partial charge on any atom is -0.397 e. The van der Waals surface area contributed by atoms with Crippen LogP contribution in [0.25, 0.3) is 21.5 Å². The van der Waals surface area contributed by atoms with Gasteiger partial charge in [0.1, 0.15) is 9.71 Å². The molecule has 4 rings (SSSR count). The summed E-state index contributed by atoms with van der Waals surface area (Å²) >= 11 is 2.95. The summed E-state index contributed by atoms with van der Waals surface area (Å²) in [5, 5.41) is 5.74. The van der Waals surface area contributed by atoms with Crippen LogP contribution in [0.15, 0.2) is 60.0 Å². The number of nitrogen functional groups attached to an aromatic ring is 1. The van der Waals surface area contributed by atoms with Crippen molar-refractivity contribution in [2.24, 2.45) is 0 Å². The Balaban J connectivity index is 1.64. The molecule has 0 unspecified atom stereocenters. The van der Waals surface area contributed by atoms with Gasteiger partial charge in [-0.1, -0.05) is 36.4 Å². The Morgan fingerprint density at radius 2 is 1.92 bits per heavy atom. The fraction of sp³-hybridized carbons (Fsp3) is 0.0526. The number of benzene rings is 1. The third-order valence-corrected chi connectivity index (χ3v) is 5.86. The topological polar surface area (TPSA) is 68.0 Å². The summed E-state index contributed by atoms with van der Waals surface area (Å²) in [6.07, 6.45) is 0. The molecule has 1 amide bonds. The summed E-state index contributed by atoms with van der Waals surface area (Å²) in [6.45, 7) is 0.507. The van der Waals surface area contributed by atoms with E-state index >= 15 is 0 Å². The largest absolute Gasteiger partial charge is 0.397 e. The molecular formula is C19H15N3OS2. The molecule has 4 aromatic rings. The zero-order chi connectivity index (χ0) is 17.2. The van der Waals surface area contributed by atoms with E-state index in [4.69, 9.17) is 5.73 Å². The van der Waals surface area contributed by atoms with Crippen LogP contribution in [-0.2, 0) is 6.54 Å². The maximum Gasteiger partial charge on any atom is 0.263 e. The van der Waals surface area contributed by atoms with E-state index in [1.807, 2.05) is 60.0 Å². The van der Waals surface area contributed by atoms with Gasteiger partial charge in [0, 0.05) is 15.8 Å². The number of rotatable bonds is 4. The molecule has 0 aliphatic rings. The van der Waals surface area contributed by atoms with Crippen LogP contribution < -0.4 is 11.1 Å². The highest BCUT2D eigenvalue weighted by molar-refractivity contribution is 7.21. The zero-order valence-electron chi connectivity index (χ0n) is 13.2. The van der Waals surface area contributed by atoms with Gasteiger partial charge in [0.15, 0.2) is 0 Å². The third-order valence-electron chi connectivity index (χ3n) is 3.87. The van der Waals surface area contributed by atoms with Gasteiger partial charge in [-0.25, -0.2) is 4.98 Å². The standard InChI is InChI=1S/C19H15N3OS2/c20-16-14-8-9-15(12-5-2-1-3-6-12)22-19(14)25-17(16)18(23)21-11-13-7-4-10-24-13/h1-10H,11,20H2,(H,21,23). The van der Waals surface area contributed by atoms with Crippen LogP contribution in [-0.4, -0.2) is 10.9 Å². The minimum atomic E-state index is -0.157. The van der Waals surface area contributed by atoms with Crippen molar-refractivity contribution in [1.29, 1.82) is 0 Å². The van der Waals surface area contributed by atoms with Crippen molar-refractivity contribution in [3.63, 3.8) is 0 Å². The first-order valence-corrected chi connectivity index (χ1v) is 9.47. The maximum atomic E-state index is 12.5. The number of nitrogens with two attached hydrogens (primary N) is 1. The van der Waals surface area contributed by atoms with Gasteiger partial charge in [0.25, 0.3) is 5.91 Å². The first-order valence-electron chi connectivity index (χ1n) is 7.77. The van der Waals surface area contributed by atoms with Crippen LogP contribution in [0, 0.1) is 0 Å². The van der Waals surface area contributed by atoms with E-state index in [0.29, 0.717) is 17.1 Å². The highest BCUT2D eigenvalue weighted by atomic mass is 32.1. The van der Waals surface area contributed by atoms with Crippen LogP contribution in [0.2, 0.25) is 0 Å². The SMILES string of the molecule is Nc1c(C(=O)NCc2cccs2)sc2nc(-c3ccccc3)ccc12. The highest BCUT2D eigenvalue weighted by Gasteiger charge is 2.17. The number of pyridine rings is 1. The number of hydrogen-bond acceptors (Lipinski definition) is 5. The maximum absolute atomic E-state index is 12.5. The predicted molar refractivity (Wildman–Crippen MR) is 105 cm³/mol. The number of nitrogens with one attached hydrogen (secondary N) is 1. The number of amides is 1. The van der Waals surface area contributed by atoms with Crippen molar-refractivity contribution in [3.8, 4) is 11.3 Å². The molecule has 0 saturated heterocycles. The Hall–Kier alpha value is -2.70. The number of anilines is 1. The number of fused-ring (bicyclic) bond motifs is 1. The molecule has 0 spiro atoms. The van der Waals surface area contributed by atoms with Gasteiger partial charge in [-0.05, 0) is 23.6 Å². The second kappa shape index (κ2) is 6.66. The second-order valence-electron chi connectivity index (χ2n) is 5.52. The fourth-order valence-corrected chi connectivity index (χ4v) is 4.25. The Morgan fingerprint density at radius 1 is 1.08 bits per heavy atom. The van der Waals surface area contributed by atoms with Crippen LogP contribution >= 0.6 is 22.7 Å². The highest BCUT2D eigenvalue weighted by Crippen LogP contribution is 2.34. The van der Waals surface area contributed by atoms with Crippen molar-refractivity contribution >= 4 is 44.5 Å².